The van der Waals surface area contributed by atoms with Crippen LogP contribution in [0.1, 0.15) is 71.7 Å². The molecule has 0 aromatic heterocycles. The molecule has 2 aromatic rings. The van der Waals surface area contributed by atoms with Crippen LogP contribution in [0.2, 0.25) is 0 Å². The Morgan fingerprint density at radius 2 is 1.60 bits per heavy atom. The number of aromatic hydroxyl groups is 1. The minimum Gasteiger partial charge on any atom is -0.508 e. The summed E-state index contributed by atoms with van der Waals surface area (Å²) in [6, 6.07) is 6.95. The van der Waals surface area contributed by atoms with E-state index in [9.17, 15) is 57.8 Å². The summed E-state index contributed by atoms with van der Waals surface area (Å²) in [6.45, 7) is -0.197. The van der Waals surface area contributed by atoms with Crippen LogP contribution in [0.4, 0.5) is 5.69 Å². The second kappa shape index (κ2) is 21.5. The number of amides is 9. The third-order valence-electron chi connectivity index (χ3n) is 9.34. The monoisotopic (exact) mass is 834 g/mol. The molecule has 3 atom stereocenters. The van der Waals surface area contributed by atoms with Crippen LogP contribution in [0.15, 0.2) is 42.5 Å². The Morgan fingerprint density at radius 1 is 0.867 bits per heavy atom. The van der Waals surface area contributed by atoms with Gasteiger partial charge < -0.3 is 41.7 Å². The fourth-order valence-corrected chi connectivity index (χ4v) is 6.22. The standard InChI is InChI=1S/C39H46N8O13/c1-21(48)41-19-28(35(55)43-20-32(53)42-18-24(50)17-33(54)60-2)45-36(56)27(13-10-22-8-11-23(49)12-9-22)44-30(51)7-4-16-40-26-6-3-5-25-34(26)39(59)47(38(25)58)29-14-15-31(52)46-37(29)57/h3,5-6,8-9,11-12,27-29,40,49H,4,7,10,13-20H2,1-2H3,(H,41,48)(H,42,53)(H,43,55)(H,44,51)(H,45,56)(H,46,52,57). The van der Waals surface area contributed by atoms with Crippen molar-refractivity contribution in [1.82, 2.24) is 36.8 Å². The lowest BCUT2D eigenvalue weighted by molar-refractivity contribution is -0.143. The summed E-state index contributed by atoms with van der Waals surface area (Å²) in [7, 11) is 1.10. The number of nitrogens with zero attached hydrogens (tertiary/aromatic N) is 1. The summed E-state index contributed by atoms with van der Waals surface area (Å²) in [5.41, 5.74) is 1.13. The van der Waals surface area contributed by atoms with Crippen molar-refractivity contribution in [3.63, 3.8) is 0 Å². The number of imide groups is 2. The van der Waals surface area contributed by atoms with E-state index in [4.69, 9.17) is 0 Å². The van der Waals surface area contributed by atoms with Crippen LogP contribution in [0.5, 0.6) is 5.75 Å². The lowest BCUT2D eigenvalue weighted by Crippen LogP contribution is -2.57. The molecule has 60 heavy (non-hydrogen) atoms. The molecule has 1 fully saturated rings. The van der Waals surface area contributed by atoms with Crippen molar-refractivity contribution in [1.29, 1.82) is 0 Å². The Labute approximate surface area is 343 Å². The van der Waals surface area contributed by atoms with E-state index in [1.54, 1.807) is 24.3 Å². The zero-order valence-corrected chi connectivity index (χ0v) is 32.8. The lowest BCUT2D eigenvalue weighted by Gasteiger charge is -2.27. The summed E-state index contributed by atoms with van der Waals surface area (Å²) in [5, 5.41) is 27.0. The van der Waals surface area contributed by atoms with Gasteiger partial charge in [-0.1, -0.05) is 18.2 Å². The van der Waals surface area contributed by atoms with Crippen LogP contribution in [0, 0.1) is 0 Å². The van der Waals surface area contributed by atoms with Gasteiger partial charge in [-0.05, 0) is 55.5 Å². The number of carbonyl (C=O) groups is 11. The molecule has 1 saturated heterocycles. The fraction of sp³-hybridized carbons (Fsp3) is 0.410. The summed E-state index contributed by atoms with van der Waals surface area (Å²) >= 11 is 0. The van der Waals surface area contributed by atoms with E-state index in [-0.39, 0.29) is 68.5 Å². The molecule has 0 spiro atoms. The average molecular weight is 835 g/mol. The zero-order chi connectivity index (χ0) is 43.9. The van der Waals surface area contributed by atoms with Gasteiger partial charge in [0.2, 0.25) is 41.4 Å². The molecule has 21 nitrogen and oxygen atoms in total. The van der Waals surface area contributed by atoms with Gasteiger partial charge in [0.1, 0.15) is 30.3 Å². The molecule has 3 unspecified atom stereocenters. The third kappa shape index (κ3) is 12.9. The average Bonchev–Trinajstić information content (AvgIpc) is 3.47. The Kier molecular flexibility index (Phi) is 16.3. The predicted molar refractivity (Wildman–Crippen MR) is 207 cm³/mol. The summed E-state index contributed by atoms with van der Waals surface area (Å²) in [5.74, 6) is -7.57. The number of phenolic OH excluding ortho intramolecular Hbond substituents is 1. The largest absolute Gasteiger partial charge is 0.508 e. The highest BCUT2D eigenvalue weighted by Crippen LogP contribution is 2.32. The molecule has 0 saturated carbocycles. The number of piperidine rings is 1. The van der Waals surface area contributed by atoms with Gasteiger partial charge in [0.25, 0.3) is 11.8 Å². The van der Waals surface area contributed by atoms with Crippen molar-refractivity contribution < 1.29 is 62.6 Å². The number of hydrogen-bond acceptors (Lipinski definition) is 14. The lowest BCUT2D eigenvalue weighted by atomic mass is 10.0. The number of fused-ring (bicyclic) bond motifs is 1. The maximum Gasteiger partial charge on any atom is 0.313 e. The Hall–Kier alpha value is -7.19. The third-order valence-corrected chi connectivity index (χ3v) is 9.34. The van der Waals surface area contributed by atoms with Crippen LogP contribution in [0.25, 0.3) is 0 Å². The number of ketones is 1. The highest BCUT2D eigenvalue weighted by atomic mass is 16.5. The Bertz CT molecular complexity index is 2040. The molecule has 320 valence electrons. The first-order valence-corrected chi connectivity index (χ1v) is 18.9. The van der Waals surface area contributed by atoms with E-state index in [1.165, 1.54) is 25.1 Å². The zero-order valence-electron chi connectivity index (χ0n) is 32.8. The summed E-state index contributed by atoms with van der Waals surface area (Å²) < 4.78 is 4.40. The number of esters is 1. The number of methoxy groups -OCH3 is 1. The highest BCUT2D eigenvalue weighted by Gasteiger charge is 2.45. The fourth-order valence-electron chi connectivity index (χ4n) is 6.22. The van der Waals surface area contributed by atoms with E-state index >= 15 is 0 Å². The number of aryl methyl sites for hydroxylation is 1. The van der Waals surface area contributed by atoms with Crippen LogP contribution < -0.4 is 37.2 Å². The van der Waals surface area contributed by atoms with Gasteiger partial charge in [-0.15, -0.1) is 0 Å². The van der Waals surface area contributed by atoms with Gasteiger partial charge in [-0.25, -0.2) is 0 Å². The molecule has 0 aliphatic carbocycles. The van der Waals surface area contributed by atoms with Crippen LogP contribution >= 0.6 is 0 Å². The van der Waals surface area contributed by atoms with E-state index in [0.29, 0.717) is 11.3 Å². The van der Waals surface area contributed by atoms with E-state index < -0.39 is 103 Å². The number of hydrogen-bond donors (Lipinski definition) is 8. The molecular formula is C39H46N8O13. The first-order chi connectivity index (χ1) is 28.6. The molecule has 0 radical (unpaired) electrons. The molecule has 21 heteroatoms. The first-order valence-electron chi connectivity index (χ1n) is 18.9. The number of nitrogens with one attached hydrogen (secondary N) is 7. The van der Waals surface area contributed by atoms with Crippen LogP contribution in [0.3, 0.4) is 0 Å². The first kappa shape index (κ1) is 45.5. The number of Topliss-reactive ketones (excluding diaryl/α,β-unsaturated/α-hetero) is 1. The van der Waals surface area contributed by atoms with Gasteiger partial charge in [0, 0.05) is 38.5 Å². The van der Waals surface area contributed by atoms with E-state index in [0.717, 1.165) is 12.0 Å². The molecular weight excluding hydrogens is 788 g/mol. The SMILES string of the molecule is COC(=O)CC(=O)CNC(=O)CNC(=O)C(CNC(C)=O)NC(=O)C(CCc1ccc(O)cc1)NC(=O)CCCNc1cccc2c1C(=O)N(C1CCC(=O)NC1=O)C2=O. The molecule has 0 bridgehead atoms. The van der Waals surface area contributed by atoms with E-state index in [1.807, 2.05) is 0 Å². The predicted octanol–water partition coefficient (Wildman–Crippen LogP) is -1.91. The number of ether oxygens (including phenoxy) is 1. The van der Waals surface area contributed by atoms with E-state index in [2.05, 4.69) is 42.0 Å². The molecule has 2 heterocycles. The maximum absolute atomic E-state index is 13.7. The van der Waals surface area contributed by atoms with Crippen molar-refractivity contribution in [3.8, 4) is 5.75 Å². The molecule has 2 aromatic carbocycles. The van der Waals surface area contributed by atoms with Crippen molar-refractivity contribution in [2.24, 2.45) is 0 Å². The minimum atomic E-state index is -1.42. The maximum atomic E-state index is 13.7. The van der Waals surface area contributed by atoms with Gasteiger partial charge in [0.05, 0.1) is 31.3 Å². The number of benzene rings is 2. The topological polar surface area (TPSA) is 305 Å². The summed E-state index contributed by atoms with van der Waals surface area (Å²) in [6.07, 6.45) is -0.248. The smallest absolute Gasteiger partial charge is 0.313 e. The number of anilines is 1. The Balaban J connectivity index is 1.37. The van der Waals surface area contributed by atoms with Gasteiger partial charge in [-0.3, -0.25) is 63.0 Å². The molecule has 8 N–H and O–H groups in total. The van der Waals surface area contributed by atoms with Gasteiger partial charge in [0.15, 0.2) is 5.78 Å². The van der Waals surface area contributed by atoms with Gasteiger partial charge >= 0.3 is 5.97 Å². The normalized spacial score (nSPS) is 15.4. The Morgan fingerprint density at radius 3 is 2.28 bits per heavy atom. The number of rotatable bonds is 21. The number of carbonyl (C=O) groups excluding carboxylic acids is 11. The molecule has 2 aliphatic rings. The van der Waals surface area contributed by atoms with Crippen LogP contribution in [-0.4, -0.2) is 126 Å². The highest BCUT2D eigenvalue weighted by molar-refractivity contribution is 6.25. The number of phenols is 1. The quantitative estimate of drug-likeness (QED) is 0.0295. The van der Waals surface area contributed by atoms with Crippen LogP contribution in [-0.2, 0) is 54.3 Å². The van der Waals surface area contributed by atoms with Crippen molar-refractivity contribution >= 4 is 70.6 Å². The molecule has 4 rings (SSSR count). The molecule has 9 amide bonds. The second-order valence-corrected chi connectivity index (χ2v) is 13.8. The van der Waals surface area contributed by atoms with Gasteiger partial charge in [-0.2, -0.15) is 0 Å². The van der Waals surface area contributed by atoms with Crippen molar-refractivity contribution in [2.45, 2.75) is 70.0 Å². The summed E-state index contributed by atoms with van der Waals surface area (Å²) in [4.78, 5) is 139. The second-order valence-electron chi connectivity index (χ2n) is 13.8. The minimum absolute atomic E-state index is 0.00421. The molecule has 2 aliphatic heterocycles. The van der Waals surface area contributed by atoms with Crippen molar-refractivity contribution in [2.75, 3.05) is 38.6 Å². The van der Waals surface area contributed by atoms with Crippen molar-refractivity contribution in [3.05, 3.63) is 59.2 Å².